The maximum Gasteiger partial charge on any atom is 0.154 e. The van der Waals surface area contributed by atoms with Gasteiger partial charge in [0.2, 0.25) is 0 Å². The number of anilines is 1. The number of piperidine rings is 1. The van der Waals surface area contributed by atoms with Gasteiger partial charge in [0.1, 0.15) is 5.52 Å². The molecule has 1 unspecified atom stereocenters. The van der Waals surface area contributed by atoms with E-state index in [1.165, 1.54) is 12.8 Å². The average molecular weight is 365 g/mol. The van der Waals surface area contributed by atoms with Crippen molar-refractivity contribution in [2.75, 3.05) is 25.0 Å². The Morgan fingerprint density at radius 1 is 1.30 bits per heavy atom. The van der Waals surface area contributed by atoms with E-state index in [-0.39, 0.29) is 0 Å². The number of fused-ring (bicyclic) bond motifs is 1. The molecule has 0 amide bonds. The van der Waals surface area contributed by atoms with Crippen molar-refractivity contribution < 1.29 is 0 Å². The normalized spacial score (nSPS) is 17.6. The first kappa shape index (κ1) is 17.9. The van der Waals surface area contributed by atoms with Crippen molar-refractivity contribution in [3.8, 4) is 11.3 Å². The molecule has 4 heterocycles. The largest absolute Gasteiger partial charge is 0.368 e. The molecule has 2 N–H and O–H groups in total. The summed E-state index contributed by atoms with van der Waals surface area (Å²) >= 11 is 0. The molecule has 7 nitrogen and oxygen atoms in total. The highest BCUT2D eigenvalue weighted by atomic mass is 15.3. The lowest BCUT2D eigenvalue weighted by Gasteiger charge is -2.23. The Labute approximate surface area is 159 Å². The van der Waals surface area contributed by atoms with Crippen LogP contribution in [-0.4, -0.2) is 44.4 Å². The Morgan fingerprint density at radius 3 is 2.89 bits per heavy atom. The molecule has 0 saturated carbocycles. The lowest BCUT2D eigenvalue weighted by molar-refractivity contribution is 0.392. The summed E-state index contributed by atoms with van der Waals surface area (Å²) in [7, 11) is 0. The predicted octanol–water partition coefficient (Wildman–Crippen LogP) is 3.19. The molecule has 0 bridgehead atoms. The summed E-state index contributed by atoms with van der Waals surface area (Å²) in [6, 6.07) is 2.32. The van der Waals surface area contributed by atoms with Crippen LogP contribution in [0.2, 0.25) is 0 Å². The van der Waals surface area contributed by atoms with Gasteiger partial charge in [-0.2, -0.15) is 5.10 Å². The van der Waals surface area contributed by atoms with Crippen molar-refractivity contribution in [2.24, 2.45) is 5.92 Å². The van der Waals surface area contributed by atoms with Gasteiger partial charge < -0.3 is 10.6 Å². The molecular weight excluding hydrogens is 338 g/mol. The highest BCUT2D eigenvalue weighted by Gasteiger charge is 2.17. The van der Waals surface area contributed by atoms with Gasteiger partial charge in [-0.05, 0) is 58.7 Å². The Morgan fingerprint density at radius 2 is 2.15 bits per heavy atom. The highest BCUT2D eigenvalue weighted by molar-refractivity contribution is 5.88. The van der Waals surface area contributed by atoms with Crippen molar-refractivity contribution in [3.05, 3.63) is 30.4 Å². The Kier molecular flexibility index (Phi) is 5.03. The molecule has 1 aliphatic rings. The minimum atomic E-state index is 0.314. The fraction of sp³-hybridized carbons (Fsp3) is 0.500. The van der Waals surface area contributed by atoms with Crippen LogP contribution in [0.15, 0.2) is 24.7 Å². The third kappa shape index (κ3) is 3.78. The van der Waals surface area contributed by atoms with Crippen molar-refractivity contribution in [3.63, 3.8) is 0 Å². The molecule has 1 aliphatic heterocycles. The molecule has 1 saturated heterocycles. The van der Waals surface area contributed by atoms with E-state index in [4.69, 9.17) is 4.98 Å². The minimum Gasteiger partial charge on any atom is -0.368 e. The molecule has 0 spiro atoms. The summed E-state index contributed by atoms with van der Waals surface area (Å²) in [6.45, 7) is 9.34. The molecule has 3 aromatic heterocycles. The predicted molar refractivity (Wildman–Crippen MR) is 108 cm³/mol. The number of aryl methyl sites for hydroxylation is 1. The molecule has 1 fully saturated rings. The topological polar surface area (TPSA) is 80.5 Å². The second-order valence-corrected chi connectivity index (χ2v) is 7.58. The molecule has 7 heteroatoms. The Balaban J connectivity index is 1.69. The van der Waals surface area contributed by atoms with Gasteiger partial charge in [-0.15, -0.1) is 0 Å². The van der Waals surface area contributed by atoms with Crippen LogP contribution < -0.4 is 10.6 Å². The second kappa shape index (κ2) is 7.60. The molecule has 3 aromatic rings. The van der Waals surface area contributed by atoms with Gasteiger partial charge >= 0.3 is 0 Å². The minimum absolute atomic E-state index is 0.314. The van der Waals surface area contributed by atoms with Crippen LogP contribution in [0.1, 0.15) is 38.4 Å². The molecule has 27 heavy (non-hydrogen) atoms. The lowest BCUT2D eigenvalue weighted by atomic mass is 10.00. The van der Waals surface area contributed by atoms with Crippen LogP contribution in [-0.2, 0) is 0 Å². The summed E-state index contributed by atoms with van der Waals surface area (Å²) in [4.78, 5) is 13.9. The maximum absolute atomic E-state index is 4.90. The van der Waals surface area contributed by atoms with Gasteiger partial charge in [0.15, 0.2) is 5.82 Å². The van der Waals surface area contributed by atoms with E-state index in [1.807, 2.05) is 17.7 Å². The van der Waals surface area contributed by atoms with Gasteiger partial charge in [0, 0.05) is 36.7 Å². The van der Waals surface area contributed by atoms with E-state index < -0.39 is 0 Å². The van der Waals surface area contributed by atoms with Crippen molar-refractivity contribution in [1.82, 2.24) is 30.0 Å². The smallest absolute Gasteiger partial charge is 0.154 e. The van der Waals surface area contributed by atoms with E-state index >= 15 is 0 Å². The zero-order valence-electron chi connectivity index (χ0n) is 16.2. The Hall–Kier alpha value is -2.54. The molecular formula is C20H27N7. The van der Waals surface area contributed by atoms with Gasteiger partial charge in [0.25, 0.3) is 0 Å². The fourth-order valence-corrected chi connectivity index (χ4v) is 3.57. The quantitative estimate of drug-likeness (QED) is 0.723. The van der Waals surface area contributed by atoms with Gasteiger partial charge in [0.05, 0.1) is 16.9 Å². The molecule has 0 aromatic carbocycles. The number of nitrogens with zero attached hydrogens (tertiary/aromatic N) is 5. The van der Waals surface area contributed by atoms with E-state index in [1.54, 1.807) is 12.4 Å². The lowest BCUT2D eigenvalue weighted by Crippen LogP contribution is -2.33. The van der Waals surface area contributed by atoms with Crippen LogP contribution >= 0.6 is 0 Å². The summed E-state index contributed by atoms with van der Waals surface area (Å²) < 4.78 is 1.98. The van der Waals surface area contributed by atoms with Crippen LogP contribution in [0.3, 0.4) is 0 Å². The number of rotatable bonds is 5. The number of aromatic nitrogens is 5. The average Bonchev–Trinajstić information content (AvgIpc) is 3.09. The van der Waals surface area contributed by atoms with Gasteiger partial charge in [-0.25, -0.2) is 9.97 Å². The molecule has 0 aliphatic carbocycles. The first-order valence-corrected chi connectivity index (χ1v) is 9.74. The summed E-state index contributed by atoms with van der Waals surface area (Å²) in [5.74, 6) is 1.42. The van der Waals surface area contributed by atoms with E-state index in [0.29, 0.717) is 12.0 Å². The number of hydrogen-bond donors (Lipinski definition) is 2. The molecule has 142 valence electrons. The summed E-state index contributed by atoms with van der Waals surface area (Å²) in [5.41, 5.74) is 4.57. The van der Waals surface area contributed by atoms with Crippen LogP contribution in [0, 0.1) is 12.8 Å². The van der Waals surface area contributed by atoms with Crippen LogP contribution in [0.4, 0.5) is 5.82 Å². The maximum atomic E-state index is 4.90. The SMILES string of the molecule is Cc1nn(C(C)C)cc1-c1cc2nccnc2c(NCC2CCCNC2)n1. The second-order valence-electron chi connectivity index (χ2n) is 7.58. The summed E-state index contributed by atoms with van der Waals surface area (Å²) in [5, 5.41) is 11.6. The van der Waals surface area contributed by atoms with Crippen molar-refractivity contribution in [2.45, 2.75) is 39.7 Å². The molecule has 4 rings (SSSR count). The fourth-order valence-electron chi connectivity index (χ4n) is 3.57. The summed E-state index contributed by atoms with van der Waals surface area (Å²) in [6.07, 6.45) is 7.99. The zero-order valence-corrected chi connectivity index (χ0v) is 16.2. The molecule has 0 radical (unpaired) electrons. The van der Waals surface area contributed by atoms with Crippen LogP contribution in [0.5, 0.6) is 0 Å². The first-order valence-electron chi connectivity index (χ1n) is 9.74. The van der Waals surface area contributed by atoms with Crippen LogP contribution in [0.25, 0.3) is 22.3 Å². The van der Waals surface area contributed by atoms with E-state index in [9.17, 15) is 0 Å². The standard InChI is InChI=1S/C20H27N7/c1-13(2)27-12-16(14(3)26-27)17-9-18-19(23-8-7-22-18)20(25-17)24-11-15-5-4-6-21-10-15/h7-9,12-13,15,21H,4-6,10-11H2,1-3H3,(H,24,25). The van der Waals surface area contributed by atoms with Gasteiger partial charge in [-0.3, -0.25) is 9.67 Å². The number of hydrogen-bond acceptors (Lipinski definition) is 6. The van der Waals surface area contributed by atoms with E-state index in [0.717, 1.165) is 53.4 Å². The van der Waals surface area contributed by atoms with Gasteiger partial charge in [-0.1, -0.05) is 0 Å². The third-order valence-electron chi connectivity index (χ3n) is 5.14. The number of pyridine rings is 1. The third-order valence-corrected chi connectivity index (χ3v) is 5.14. The zero-order chi connectivity index (χ0) is 18.8. The number of nitrogens with one attached hydrogen (secondary N) is 2. The monoisotopic (exact) mass is 365 g/mol. The molecule has 1 atom stereocenters. The first-order chi connectivity index (χ1) is 13.1. The van der Waals surface area contributed by atoms with E-state index in [2.05, 4.69) is 45.7 Å². The Bertz CT molecular complexity index is 925. The van der Waals surface area contributed by atoms with Crippen molar-refractivity contribution >= 4 is 16.9 Å². The van der Waals surface area contributed by atoms with Crippen molar-refractivity contribution in [1.29, 1.82) is 0 Å². The highest BCUT2D eigenvalue weighted by Crippen LogP contribution is 2.28.